The van der Waals surface area contributed by atoms with Gasteiger partial charge in [0.1, 0.15) is 5.82 Å². The van der Waals surface area contributed by atoms with E-state index in [1.165, 1.54) is 18.2 Å². The largest absolute Gasteiger partial charge is 0.397 e. The molecule has 0 spiro atoms. The zero-order valence-corrected chi connectivity index (χ0v) is 8.50. The van der Waals surface area contributed by atoms with E-state index in [9.17, 15) is 4.39 Å². The molecule has 15 heavy (non-hydrogen) atoms. The average Bonchev–Trinajstić information content (AvgIpc) is 2.22. The van der Waals surface area contributed by atoms with Gasteiger partial charge in [0.05, 0.1) is 30.1 Å². The van der Waals surface area contributed by atoms with Crippen LogP contribution >= 0.6 is 0 Å². The van der Waals surface area contributed by atoms with E-state index in [4.69, 9.17) is 15.9 Å². The number of halogens is 1. The summed E-state index contributed by atoms with van der Waals surface area (Å²) in [5.74, 6) is -0.423. The van der Waals surface area contributed by atoms with E-state index in [2.05, 4.69) is 5.32 Å². The molecule has 0 amide bonds. The monoisotopic (exact) mass is 214 g/mol. The first-order chi connectivity index (χ1) is 7.00. The third-order valence-corrected chi connectivity index (χ3v) is 2.15. The van der Waals surface area contributed by atoms with Crippen LogP contribution in [-0.4, -0.2) is 29.0 Å². The Morgan fingerprint density at radius 1 is 1.40 bits per heavy atom. The van der Waals surface area contributed by atoms with Gasteiger partial charge in [-0.1, -0.05) is 0 Å². The molecule has 0 aliphatic carbocycles. The molecular formula is C10H15FN2O2. The van der Waals surface area contributed by atoms with Gasteiger partial charge in [-0.05, 0) is 25.1 Å². The number of aliphatic hydroxyl groups is 2. The Morgan fingerprint density at radius 3 is 2.47 bits per heavy atom. The van der Waals surface area contributed by atoms with E-state index in [0.717, 1.165) is 0 Å². The molecule has 0 heterocycles. The molecule has 1 aromatic rings. The Bertz CT molecular complexity index is 340. The Morgan fingerprint density at radius 2 is 2.00 bits per heavy atom. The van der Waals surface area contributed by atoms with Crippen LogP contribution in [0.15, 0.2) is 18.2 Å². The van der Waals surface area contributed by atoms with Crippen LogP contribution in [0.1, 0.15) is 6.92 Å². The van der Waals surface area contributed by atoms with Crippen molar-refractivity contribution in [3.05, 3.63) is 24.0 Å². The van der Waals surface area contributed by atoms with Crippen LogP contribution in [0, 0.1) is 5.82 Å². The molecule has 0 aliphatic rings. The summed E-state index contributed by atoms with van der Waals surface area (Å²) >= 11 is 0. The predicted molar refractivity (Wildman–Crippen MR) is 57.0 cm³/mol. The summed E-state index contributed by atoms with van der Waals surface area (Å²) < 4.78 is 12.7. The average molecular weight is 214 g/mol. The zero-order chi connectivity index (χ0) is 11.5. The van der Waals surface area contributed by atoms with Crippen molar-refractivity contribution >= 4 is 11.4 Å². The molecule has 0 radical (unpaired) electrons. The van der Waals surface area contributed by atoms with Crippen LogP contribution in [0.25, 0.3) is 0 Å². The normalized spacial score (nSPS) is 11.5. The minimum Gasteiger partial charge on any atom is -0.397 e. The fourth-order valence-electron chi connectivity index (χ4n) is 1.10. The van der Waals surface area contributed by atoms with E-state index in [0.29, 0.717) is 5.69 Å². The standard InChI is InChI=1S/C10H15FN2O2/c1-10(5-14,6-15)13-9-3-2-7(11)4-8(9)12/h2-4,13-15H,5-6,12H2,1H3. The predicted octanol–water partition coefficient (Wildman–Crippen LogP) is 0.563. The van der Waals surface area contributed by atoms with Crippen molar-refractivity contribution in [3.63, 3.8) is 0 Å². The number of aliphatic hydroxyl groups excluding tert-OH is 2. The Labute approximate surface area is 87.5 Å². The highest BCUT2D eigenvalue weighted by molar-refractivity contribution is 5.66. The topological polar surface area (TPSA) is 78.5 Å². The Hall–Kier alpha value is -1.33. The first-order valence-electron chi connectivity index (χ1n) is 4.56. The molecule has 1 aromatic carbocycles. The van der Waals surface area contributed by atoms with Gasteiger partial charge in [-0.2, -0.15) is 0 Å². The summed E-state index contributed by atoms with van der Waals surface area (Å²) in [4.78, 5) is 0. The second kappa shape index (κ2) is 4.46. The van der Waals surface area contributed by atoms with Gasteiger partial charge in [-0.3, -0.25) is 0 Å². The molecule has 0 atom stereocenters. The molecule has 0 unspecified atom stereocenters. The lowest BCUT2D eigenvalue weighted by Crippen LogP contribution is -2.42. The van der Waals surface area contributed by atoms with Crippen LogP contribution in [0.3, 0.4) is 0 Å². The lowest BCUT2D eigenvalue weighted by atomic mass is 10.0. The summed E-state index contributed by atoms with van der Waals surface area (Å²) in [6.45, 7) is 1.14. The minimum absolute atomic E-state index is 0.239. The lowest BCUT2D eigenvalue weighted by molar-refractivity contribution is 0.147. The fraction of sp³-hybridized carbons (Fsp3) is 0.400. The van der Waals surface area contributed by atoms with Crippen LogP contribution in [0.5, 0.6) is 0 Å². The van der Waals surface area contributed by atoms with Gasteiger partial charge in [0.25, 0.3) is 0 Å². The maximum absolute atomic E-state index is 12.7. The lowest BCUT2D eigenvalue weighted by Gasteiger charge is -2.28. The second-order valence-corrected chi connectivity index (χ2v) is 3.73. The highest BCUT2D eigenvalue weighted by atomic mass is 19.1. The number of anilines is 2. The van der Waals surface area contributed by atoms with Gasteiger partial charge < -0.3 is 21.3 Å². The summed E-state index contributed by atoms with van der Waals surface area (Å²) in [5, 5.41) is 21.0. The van der Waals surface area contributed by atoms with Crippen molar-refractivity contribution in [1.29, 1.82) is 0 Å². The number of nitrogens with two attached hydrogens (primary N) is 1. The molecule has 0 saturated carbocycles. The first-order valence-corrected chi connectivity index (χ1v) is 4.56. The van der Waals surface area contributed by atoms with E-state index >= 15 is 0 Å². The van der Waals surface area contributed by atoms with Gasteiger partial charge in [0.2, 0.25) is 0 Å². The number of nitrogen functional groups attached to an aromatic ring is 1. The van der Waals surface area contributed by atoms with E-state index < -0.39 is 11.4 Å². The molecule has 5 heteroatoms. The number of nitrogens with one attached hydrogen (secondary N) is 1. The molecule has 5 N–H and O–H groups in total. The van der Waals surface area contributed by atoms with Crippen LogP contribution in [-0.2, 0) is 0 Å². The van der Waals surface area contributed by atoms with E-state index in [-0.39, 0.29) is 18.9 Å². The summed E-state index contributed by atoms with van der Waals surface area (Å²) in [6, 6.07) is 3.90. The van der Waals surface area contributed by atoms with Crippen molar-refractivity contribution < 1.29 is 14.6 Å². The SMILES string of the molecule is CC(CO)(CO)Nc1ccc(F)cc1N. The molecule has 0 saturated heterocycles. The summed E-state index contributed by atoms with van der Waals surface area (Å²) in [7, 11) is 0. The maximum atomic E-state index is 12.7. The number of hydrogen-bond donors (Lipinski definition) is 4. The maximum Gasteiger partial charge on any atom is 0.125 e. The molecule has 84 valence electrons. The summed E-state index contributed by atoms with van der Waals surface area (Å²) in [5.41, 5.74) is 5.43. The molecule has 0 aromatic heterocycles. The smallest absolute Gasteiger partial charge is 0.125 e. The summed E-state index contributed by atoms with van der Waals surface area (Å²) in [6.07, 6.45) is 0. The quantitative estimate of drug-likeness (QED) is 0.552. The van der Waals surface area contributed by atoms with Crippen molar-refractivity contribution in [2.45, 2.75) is 12.5 Å². The van der Waals surface area contributed by atoms with Crippen molar-refractivity contribution in [2.24, 2.45) is 0 Å². The van der Waals surface area contributed by atoms with Crippen molar-refractivity contribution in [3.8, 4) is 0 Å². The molecule has 1 rings (SSSR count). The highest BCUT2D eigenvalue weighted by Gasteiger charge is 2.22. The van der Waals surface area contributed by atoms with Crippen LogP contribution in [0.2, 0.25) is 0 Å². The van der Waals surface area contributed by atoms with Gasteiger partial charge in [0, 0.05) is 0 Å². The number of benzene rings is 1. The Balaban J connectivity index is 2.89. The third kappa shape index (κ3) is 2.81. The highest BCUT2D eigenvalue weighted by Crippen LogP contribution is 2.22. The fourth-order valence-corrected chi connectivity index (χ4v) is 1.10. The molecular weight excluding hydrogens is 199 g/mol. The van der Waals surface area contributed by atoms with E-state index in [1.54, 1.807) is 6.92 Å². The van der Waals surface area contributed by atoms with Crippen molar-refractivity contribution in [2.75, 3.05) is 24.3 Å². The minimum atomic E-state index is -0.869. The van der Waals surface area contributed by atoms with Crippen molar-refractivity contribution in [1.82, 2.24) is 0 Å². The Kier molecular flexibility index (Phi) is 3.49. The molecule has 0 aliphatic heterocycles. The van der Waals surface area contributed by atoms with Gasteiger partial charge >= 0.3 is 0 Å². The van der Waals surface area contributed by atoms with Crippen LogP contribution < -0.4 is 11.1 Å². The van der Waals surface area contributed by atoms with Gasteiger partial charge in [0.15, 0.2) is 0 Å². The number of rotatable bonds is 4. The van der Waals surface area contributed by atoms with Crippen LogP contribution in [0.4, 0.5) is 15.8 Å². The second-order valence-electron chi connectivity index (χ2n) is 3.73. The molecule has 0 bridgehead atoms. The third-order valence-electron chi connectivity index (χ3n) is 2.15. The molecule has 4 nitrogen and oxygen atoms in total. The van der Waals surface area contributed by atoms with E-state index in [1.807, 2.05) is 0 Å². The molecule has 0 fully saturated rings. The zero-order valence-electron chi connectivity index (χ0n) is 8.50. The van der Waals surface area contributed by atoms with Gasteiger partial charge in [-0.15, -0.1) is 0 Å². The number of hydrogen-bond acceptors (Lipinski definition) is 4. The van der Waals surface area contributed by atoms with Gasteiger partial charge in [-0.25, -0.2) is 4.39 Å². The first kappa shape index (κ1) is 11.7.